The molecule has 0 aliphatic rings. The highest BCUT2D eigenvalue weighted by Gasteiger charge is 2.16. The van der Waals surface area contributed by atoms with Crippen LogP contribution >= 0.6 is 11.6 Å². The number of aliphatic imine (C=N–C) groups is 1. The van der Waals surface area contributed by atoms with Gasteiger partial charge in [0.05, 0.1) is 0 Å². The van der Waals surface area contributed by atoms with Gasteiger partial charge in [0.25, 0.3) is 5.91 Å². The molecule has 10 N–H and O–H groups in total. The molecule has 0 saturated heterocycles. The first-order valence-electron chi connectivity index (χ1n) is 9.52. The summed E-state index contributed by atoms with van der Waals surface area (Å²) in [6.07, 6.45) is 2.50. The molecule has 1 aromatic heterocycles. The second kappa shape index (κ2) is 11.0. The third-order valence-corrected chi connectivity index (χ3v) is 4.56. The maximum atomic E-state index is 12.2. The van der Waals surface area contributed by atoms with Gasteiger partial charge in [-0.15, -0.1) is 0 Å². The number of amides is 2. The lowest BCUT2D eigenvalue weighted by molar-refractivity contribution is -0.118. The molecule has 2 amide bonds. The van der Waals surface area contributed by atoms with Gasteiger partial charge >= 0.3 is 0 Å². The van der Waals surface area contributed by atoms with Crippen LogP contribution < -0.4 is 33.6 Å². The number of nitrogens with two attached hydrogens (primary N) is 4. The van der Waals surface area contributed by atoms with Gasteiger partial charge in [0, 0.05) is 12.2 Å². The van der Waals surface area contributed by atoms with Gasteiger partial charge in [-0.05, 0) is 43.9 Å². The Morgan fingerprint density at radius 2 is 1.77 bits per heavy atom. The first kappa shape index (κ1) is 23.7. The number of carbonyl (C=O) groups excluding carboxylic acids is 2. The summed E-state index contributed by atoms with van der Waals surface area (Å²) in [5.41, 5.74) is 23.9. The fourth-order valence-corrected chi connectivity index (χ4v) is 2.68. The zero-order valence-electron chi connectivity index (χ0n) is 17.1. The highest BCUT2D eigenvalue weighted by Crippen LogP contribution is 2.17. The largest absolute Gasteiger partial charge is 0.382 e. The standard InChI is InChI=1S/C19H26ClN9O2/c1-10(17(23)30)26-12-7-5-11(6-8-12)4-2-3-9-25-19(24)29-18(31)13-15(21)28-16(22)14(20)27-13/h5-8,10,26H,2-4,9H2,1H3,(H2,23,30)(H4,21,22,28)(H3,24,25,29,31). The van der Waals surface area contributed by atoms with Crippen LogP contribution in [0.4, 0.5) is 17.3 Å². The topological polar surface area (TPSA) is 200 Å². The number of carbonyl (C=O) groups is 2. The van der Waals surface area contributed by atoms with E-state index in [-0.39, 0.29) is 28.4 Å². The molecule has 1 aromatic carbocycles. The van der Waals surface area contributed by atoms with E-state index in [4.69, 9.17) is 34.5 Å². The van der Waals surface area contributed by atoms with E-state index in [1.54, 1.807) is 6.92 Å². The number of nitrogens with zero attached hydrogens (tertiary/aromatic N) is 3. The van der Waals surface area contributed by atoms with Crippen LogP contribution in [0.15, 0.2) is 29.3 Å². The number of rotatable bonds is 9. The minimum Gasteiger partial charge on any atom is -0.382 e. The van der Waals surface area contributed by atoms with Crippen molar-refractivity contribution >= 4 is 46.7 Å². The molecule has 1 unspecified atom stereocenters. The quantitative estimate of drug-likeness (QED) is 0.182. The molecule has 1 atom stereocenters. The van der Waals surface area contributed by atoms with Gasteiger partial charge in [-0.2, -0.15) is 0 Å². The summed E-state index contributed by atoms with van der Waals surface area (Å²) in [6.45, 7) is 2.14. The molecule has 0 aliphatic heterocycles. The molecule has 166 valence electrons. The molecule has 0 radical (unpaired) electrons. The van der Waals surface area contributed by atoms with E-state index in [1.165, 1.54) is 0 Å². The summed E-state index contributed by atoms with van der Waals surface area (Å²) >= 11 is 5.76. The molecule has 31 heavy (non-hydrogen) atoms. The first-order valence-corrected chi connectivity index (χ1v) is 9.89. The zero-order valence-corrected chi connectivity index (χ0v) is 17.8. The number of aryl methyl sites for hydroxylation is 1. The van der Waals surface area contributed by atoms with E-state index in [0.717, 1.165) is 30.5 Å². The van der Waals surface area contributed by atoms with Crippen molar-refractivity contribution in [2.24, 2.45) is 16.5 Å². The Balaban J connectivity index is 1.75. The Morgan fingerprint density at radius 3 is 2.42 bits per heavy atom. The van der Waals surface area contributed by atoms with Crippen LogP contribution in [0.5, 0.6) is 0 Å². The fraction of sp³-hybridized carbons (Fsp3) is 0.316. The molecule has 2 aromatic rings. The number of hydrogen-bond donors (Lipinski definition) is 6. The molecule has 0 saturated carbocycles. The van der Waals surface area contributed by atoms with Crippen molar-refractivity contribution in [1.29, 1.82) is 0 Å². The number of nitrogens with one attached hydrogen (secondary N) is 2. The van der Waals surface area contributed by atoms with Crippen molar-refractivity contribution in [3.63, 3.8) is 0 Å². The molecule has 12 heteroatoms. The van der Waals surface area contributed by atoms with Crippen LogP contribution in [0.25, 0.3) is 0 Å². The Bertz CT molecular complexity index is 964. The third-order valence-electron chi connectivity index (χ3n) is 4.28. The number of halogens is 1. The molecule has 0 fully saturated rings. The highest BCUT2D eigenvalue weighted by molar-refractivity contribution is 6.31. The van der Waals surface area contributed by atoms with Gasteiger partial charge in [0.1, 0.15) is 6.04 Å². The minimum atomic E-state index is -0.674. The van der Waals surface area contributed by atoms with Crippen molar-refractivity contribution in [1.82, 2.24) is 15.3 Å². The Hall–Kier alpha value is -3.60. The number of anilines is 3. The van der Waals surface area contributed by atoms with Gasteiger partial charge < -0.3 is 28.3 Å². The SMILES string of the molecule is CC(Nc1ccc(CCCCN=C(N)NC(=O)c2nc(Cl)c(N)nc2N)cc1)C(N)=O. The van der Waals surface area contributed by atoms with Crippen molar-refractivity contribution < 1.29 is 9.59 Å². The maximum absolute atomic E-state index is 12.2. The van der Waals surface area contributed by atoms with Gasteiger partial charge in [-0.3, -0.25) is 19.9 Å². The molecule has 0 spiro atoms. The van der Waals surface area contributed by atoms with E-state index in [9.17, 15) is 9.59 Å². The summed E-state index contributed by atoms with van der Waals surface area (Å²) in [4.78, 5) is 34.9. The van der Waals surface area contributed by atoms with Crippen LogP contribution in [0.2, 0.25) is 5.15 Å². The molecule has 2 rings (SSSR count). The predicted molar refractivity (Wildman–Crippen MR) is 121 cm³/mol. The highest BCUT2D eigenvalue weighted by atomic mass is 35.5. The summed E-state index contributed by atoms with van der Waals surface area (Å²) in [5, 5.41) is 5.29. The van der Waals surface area contributed by atoms with E-state index < -0.39 is 17.9 Å². The fourth-order valence-electron chi connectivity index (χ4n) is 2.55. The Labute approximate surface area is 184 Å². The van der Waals surface area contributed by atoms with Crippen LogP contribution in [0, 0.1) is 0 Å². The average Bonchev–Trinajstić information content (AvgIpc) is 2.71. The zero-order chi connectivity index (χ0) is 23.0. The smallest absolute Gasteiger partial charge is 0.280 e. The van der Waals surface area contributed by atoms with Crippen molar-refractivity contribution in [2.75, 3.05) is 23.3 Å². The van der Waals surface area contributed by atoms with E-state index in [1.807, 2.05) is 24.3 Å². The normalized spacial score (nSPS) is 12.3. The predicted octanol–water partition coefficient (Wildman–Crippen LogP) is 0.648. The second-order valence-electron chi connectivity index (χ2n) is 6.78. The molecular formula is C19H26ClN9O2. The number of hydrogen-bond acceptors (Lipinski definition) is 8. The van der Waals surface area contributed by atoms with E-state index in [2.05, 4.69) is 25.6 Å². The van der Waals surface area contributed by atoms with Crippen molar-refractivity contribution in [2.45, 2.75) is 32.2 Å². The maximum Gasteiger partial charge on any atom is 0.280 e. The lowest BCUT2D eigenvalue weighted by atomic mass is 10.1. The lowest BCUT2D eigenvalue weighted by Crippen LogP contribution is -2.38. The monoisotopic (exact) mass is 447 g/mol. The van der Waals surface area contributed by atoms with Crippen molar-refractivity contribution in [3.8, 4) is 0 Å². The van der Waals surface area contributed by atoms with Crippen LogP contribution in [0.1, 0.15) is 35.8 Å². The number of benzene rings is 1. The molecule has 1 heterocycles. The average molecular weight is 448 g/mol. The van der Waals surface area contributed by atoms with Crippen LogP contribution in [-0.4, -0.2) is 40.3 Å². The van der Waals surface area contributed by atoms with Crippen molar-refractivity contribution in [3.05, 3.63) is 40.7 Å². The third kappa shape index (κ3) is 7.30. The van der Waals surface area contributed by atoms with Gasteiger partial charge in [0.2, 0.25) is 5.91 Å². The second-order valence-corrected chi connectivity index (χ2v) is 7.14. The molecule has 0 aliphatic carbocycles. The first-order chi connectivity index (χ1) is 14.7. The summed E-state index contributed by atoms with van der Waals surface area (Å²) in [7, 11) is 0. The van der Waals surface area contributed by atoms with Crippen LogP contribution in [0.3, 0.4) is 0 Å². The minimum absolute atomic E-state index is 0.0573. The Morgan fingerprint density at radius 1 is 1.10 bits per heavy atom. The number of aromatic nitrogens is 2. The summed E-state index contributed by atoms with van der Waals surface area (Å²) in [5.74, 6) is -1.36. The van der Waals surface area contributed by atoms with Gasteiger partial charge in [-0.25, -0.2) is 9.97 Å². The lowest BCUT2D eigenvalue weighted by Gasteiger charge is -2.12. The Kier molecular flexibility index (Phi) is 8.38. The summed E-state index contributed by atoms with van der Waals surface area (Å²) in [6, 6.07) is 7.33. The van der Waals surface area contributed by atoms with E-state index in [0.29, 0.717) is 6.54 Å². The number of guanidine groups is 1. The molecular weight excluding hydrogens is 422 g/mol. The number of primary amides is 1. The molecule has 0 bridgehead atoms. The number of unbranched alkanes of at least 4 members (excludes halogenated alkanes) is 1. The molecule has 11 nitrogen and oxygen atoms in total. The van der Waals surface area contributed by atoms with Crippen LogP contribution in [-0.2, 0) is 11.2 Å². The number of nitrogen functional groups attached to an aromatic ring is 2. The van der Waals surface area contributed by atoms with E-state index >= 15 is 0 Å². The van der Waals surface area contributed by atoms with Gasteiger partial charge in [-0.1, -0.05) is 23.7 Å². The van der Waals surface area contributed by atoms with Gasteiger partial charge in [0.15, 0.2) is 28.4 Å². The summed E-state index contributed by atoms with van der Waals surface area (Å²) < 4.78 is 0.